The van der Waals surface area contributed by atoms with Crippen LogP contribution < -0.4 is 4.74 Å². The first-order valence-corrected chi connectivity index (χ1v) is 6.70. The Kier molecular flexibility index (Phi) is 4.94. The van der Waals surface area contributed by atoms with Crippen LogP contribution in [0.25, 0.3) is 0 Å². The minimum atomic E-state index is -0.0592. The molecule has 0 unspecified atom stereocenters. The molecule has 5 heteroatoms. The van der Waals surface area contributed by atoms with Crippen molar-refractivity contribution in [3.63, 3.8) is 0 Å². The Morgan fingerprint density at radius 3 is 2.21 bits per heavy atom. The van der Waals surface area contributed by atoms with Gasteiger partial charge in [0.25, 0.3) is 0 Å². The largest absolute Gasteiger partial charge is 0.487 e. The smallest absolute Gasteiger partial charge is 0.138 e. The van der Waals surface area contributed by atoms with Gasteiger partial charge in [0, 0.05) is 15.6 Å². The van der Waals surface area contributed by atoms with Gasteiger partial charge in [-0.3, -0.25) is 0 Å². The first-order valence-electron chi connectivity index (χ1n) is 5.57. The number of hydrogen-bond acceptors (Lipinski definition) is 2. The Morgan fingerprint density at radius 2 is 1.63 bits per heavy atom. The fourth-order valence-electron chi connectivity index (χ4n) is 1.58. The van der Waals surface area contributed by atoms with Crippen LogP contribution in [0.3, 0.4) is 0 Å². The lowest BCUT2D eigenvalue weighted by molar-refractivity contribution is 0.281. The summed E-state index contributed by atoms with van der Waals surface area (Å²) in [7, 11) is 0. The molecule has 0 heterocycles. The quantitative estimate of drug-likeness (QED) is 0.884. The van der Waals surface area contributed by atoms with Crippen molar-refractivity contribution in [2.75, 3.05) is 0 Å². The molecule has 0 spiro atoms. The number of hydrogen-bond donors (Lipinski definition) is 1. The number of ether oxygens (including phenoxy) is 1. The molecule has 0 amide bonds. The third-order valence-electron chi connectivity index (χ3n) is 2.61. The van der Waals surface area contributed by atoms with Crippen molar-refractivity contribution >= 4 is 34.8 Å². The number of halogens is 3. The van der Waals surface area contributed by atoms with E-state index in [1.165, 1.54) is 0 Å². The zero-order valence-corrected chi connectivity index (χ0v) is 12.1. The van der Waals surface area contributed by atoms with E-state index in [0.29, 0.717) is 26.4 Å². The molecular formula is C14H11Cl3O2. The number of benzene rings is 2. The van der Waals surface area contributed by atoms with E-state index < -0.39 is 0 Å². The van der Waals surface area contributed by atoms with E-state index in [0.717, 1.165) is 5.56 Å². The summed E-state index contributed by atoms with van der Waals surface area (Å²) in [4.78, 5) is 0. The van der Waals surface area contributed by atoms with Crippen molar-refractivity contribution in [2.24, 2.45) is 0 Å². The average Bonchev–Trinajstić information content (AvgIpc) is 2.39. The van der Waals surface area contributed by atoms with Crippen LogP contribution in [0.2, 0.25) is 15.1 Å². The lowest BCUT2D eigenvalue weighted by atomic mass is 10.2. The first kappa shape index (κ1) is 14.5. The summed E-state index contributed by atoms with van der Waals surface area (Å²) in [5.74, 6) is 0.523. The maximum absolute atomic E-state index is 9.00. The van der Waals surface area contributed by atoms with Crippen molar-refractivity contribution in [3.05, 3.63) is 62.6 Å². The fraction of sp³-hybridized carbons (Fsp3) is 0.143. The molecule has 0 aliphatic carbocycles. The van der Waals surface area contributed by atoms with Crippen LogP contribution in [0.5, 0.6) is 5.75 Å². The Hall–Kier alpha value is -0.930. The lowest BCUT2D eigenvalue weighted by Crippen LogP contribution is -1.98. The minimum Gasteiger partial charge on any atom is -0.487 e. The van der Waals surface area contributed by atoms with Gasteiger partial charge in [0.2, 0.25) is 0 Å². The summed E-state index contributed by atoms with van der Waals surface area (Å²) in [6.45, 7) is 0.174. The SMILES string of the molecule is OCc1ccc(OCc2c(Cl)cccc2Cl)c(Cl)c1. The highest BCUT2D eigenvalue weighted by Gasteiger charge is 2.08. The van der Waals surface area contributed by atoms with Crippen LogP contribution in [0.15, 0.2) is 36.4 Å². The van der Waals surface area contributed by atoms with E-state index in [-0.39, 0.29) is 13.2 Å². The molecule has 1 N–H and O–H groups in total. The first-order chi connectivity index (χ1) is 9.11. The summed E-state index contributed by atoms with van der Waals surface area (Å²) in [5.41, 5.74) is 1.45. The predicted molar refractivity (Wildman–Crippen MR) is 78.2 cm³/mol. The molecule has 0 saturated heterocycles. The number of rotatable bonds is 4. The molecule has 0 aliphatic rings. The van der Waals surface area contributed by atoms with Crippen molar-refractivity contribution < 1.29 is 9.84 Å². The van der Waals surface area contributed by atoms with Gasteiger partial charge in [-0.1, -0.05) is 46.9 Å². The highest BCUT2D eigenvalue weighted by Crippen LogP contribution is 2.29. The van der Waals surface area contributed by atoms with Gasteiger partial charge in [0.05, 0.1) is 11.6 Å². The Bertz CT molecular complexity index is 565. The highest BCUT2D eigenvalue weighted by atomic mass is 35.5. The third-order valence-corrected chi connectivity index (χ3v) is 3.62. The third kappa shape index (κ3) is 3.54. The second-order valence-electron chi connectivity index (χ2n) is 3.91. The van der Waals surface area contributed by atoms with Gasteiger partial charge in [-0.2, -0.15) is 0 Å². The van der Waals surface area contributed by atoms with Gasteiger partial charge in [-0.15, -0.1) is 0 Å². The Morgan fingerprint density at radius 1 is 0.947 bits per heavy atom. The van der Waals surface area contributed by atoms with E-state index in [2.05, 4.69) is 0 Å². The molecule has 0 fully saturated rings. The molecule has 0 radical (unpaired) electrons. The fourth-order valence-corrected chi connectivity index (χ4v) is 2.34. The molecule has 0 aliphatic heterocycles. The van der Waals surface area contributed by atoms with Crippen molar-refractivity contribution in [1.29, 1.82) is 0 Å². The highest BCUT2D eigenvalue weighted by molar-refractivity contribution is 6.36. The summed E-state index contributed by atoms with van der Waals surface area (Å²) in [6.07, 6.45) is 0. The van der Waals surface area contributed by atoms with E-state index in [1.54, 1.807) is 36.4 Å². The number of aliphatic hydroxyl groups is 1. The van der Waals surface area contributed by atoms with Crippen LogP contribution in [0.4, 0.5) is 0 Å². The van der Waals surface area contributed by atoms with Crippen molar-refractivity contribution in [1.82, 2.24) is 0 Å². The zero-order valence-electron chi connectivity index (χ0n) is 9.87. The molecule has 2 aromatic rings. The molecular weight excluding hydrogens is 307 g/mol. The standard InChI is InChI=1S/C14H11Cl3O2/c15-11-2-1-3-12(16)10(11)8-19-14-5-4-9(7-18)6-13(14)17/h1-6,18H,7-8H2. The summed E-state index contributed by atoms with van der Waals surface area (Å²) < 4.78 is 5.60. The van der Waals surface area contributed by atoms with Crippen LogP contribution in [-0.2, 0) is 13.2 Å². The molecule has 2 aromatic carbocycles. The summed E-state index contributed by atoms with van der Waals surface area (Å²) in [6, 6.07) is 10.4. The van der Waals surface area contributed by atoms with Gasteiger partial charge in [0.15, 0.2) is 0 Å². The van der Waals surface area contributed by atoms with Crippen molar-refractivity contribution in [2.45, 2.75) is 13.2 Å². The monoisotopic (exact) mass is 316 g/mol. The number of aliphatic hydroxyl groups excluding tert-OH is 1. The normalized spacial score (nSPS) is 10.5. The molecule has 19 heavy (non-hydrogen) atoms. The van der Waals surface area contributed by atoms with Gasteiger partial charge in [0.1, 0.15) is 12.4 Å². The van der Waals surface area contributed by atoms with E-state index in [4.69, 9.17) is 44.6 Å². The molecule has 2 nitrogen and oxygen atoms in total. The molecule has 0 saturated carbocycles. The molecule has 0 bridgehead atoms. The van der Waals surface area contributed by atoms with Crippen LogP contribution in [-0.4, -0.2) is 5.11 Å². The van der Waals surface area contributed by atoms with Gasteiger partial charge in [-0.25, -0.2) is 0 Å². The van der Waals surface area contributed by atoms with Gasteiger partial charge in [-0.05, 0) is 29.8 Å². The molecule has 0 atom stereocenters. The summed E-state index contributed by atoms with van der Waals surface area (Å²) in [5, 5.41) is 10.5. The minimum absolute atomic E-state index is 0.0592. The molecule has 0 aromatic heterocycles. The average molecular weight is 318 g/mol. The van der Waals surface area contributed by atoms with Crippen LogP contribution >= 0.6 is 34.8 Å². The van der Waals surface area contributed by atoms with E-state index in [1.807, 2.05) is 0 Å². The predicted octanol–water partition coefficient (Wildman–Crippen LogP) is 4.72. The Balaban J connectivity index is 2.15. The second-order valence-corrected chi connectivity index (χ2v) is 5.13. The van der Waals surface area contributed by atoms with Crippen LogP contribution in [0, 0.1) is 0 Å². The van der Waals surface area contributed by atoms with Gasteiger partial charge < -0.3 is 9.84 Å². The summed E-state index contributed by atoms with van der Waals surface area (Å²) >= 11 is 18.2. The van der Waals surface area contributed by atoms with E-state index in [9.17, 15) is 0 Å². The maximum Gasteiger partial charge on any atom is 0.138 e. The second kappa shape index (κ2) is 6.49. The van der Waals surface area contributed by atoms with Crippen LogP contribution in [0.1, 0.15) is 11.1 Å². The lowest BCUT2D eigenvalue weighted by Gasteiger charge is -2.11. The zero-order chi connectivity index (χ0) is 13.8. The Labute approximate surface area is 126 Å². The maximum atomic E-state index is 9.00. The molecule has 100 valence electrons. The van der Waals surface area contributed by atoms with Gasteiger partial charge >= 0.3 is 0 Å². The van der Waals surface area contributed by atoms with E-state index >= 15 is 0 Å². The van der Waals surface area contributed by atoms with Crippen molar-refractivity contribution in [3.8, 4) is 5.75 Å². The molecule has 2 rings (SSSR count). The topological polar surface area (TPSA) is 29.5 Å².